The van der Waals surface area contributed by atoms with E-state index in [1.165, 1.54) is 28.1 Å². The van der Waals surface area contributed by atoms with Crippen molar-refractivity contribution < 1.29 is 14.2 Å². The summed E-state index contributed by atoms with van der Waals surface area (Å²) in [6.45, 7) is 7.58. The second-order valence-corrected chi connectivity index (χ2v) is 9.07. The number of halogens is 1. The van der Waals surface area contributed by atoms with Gasteiger partial charge in [0, 0.05) is 43.6 Å². The molecule has 32 heavy (non-hydrogen) atoms. The standard InChI is InChI=1S/C26H31ClN2O3/c1-30-26-8-5-19(16-24(26)27)23-18-29-10-2-4-25(29)22-17-20(6-7-21(22)23)32-13-3-9-28-11-14-31-15-12-28/h5-8,16-17H,2-4,9-15,18H2,1H3. The van der Waals surface area contributed by atoms with E-state index in [1.807, 2.05) is 12.1 Å². The summed E-state index contributed by atoms with van der Waals surface area (Å²) in [6, 6.07) is 12.7. The van der Waals surface area contributed by atoms with Crippen LogP contribution in [0.5, 0.6) is 11.5 Å². The van der Waals surface area contributed by atoms with Crippen molar-refractivity contribution >= 4 is 22.9 Å². The molecule has 5 rings (SSSR count). The number of morpholine rings is 1. The number of rotatable bonds is 7. The van der Waals surface area contributed by atoms with E-state index in [2.05, 4.69) is 34.1 Å². The molecule has 3 heterocycles. The van der Waals surface area contributed by atoms with Crippen LogP contribution >= 0.6 is 11.6 Å². The lowest BCUT2D eigenvalue weighted by Gasteiger charge is -2.27. The van der Waals surface area contributed by atoms with Crippen LogP contribution in [0.1, 0.15) is 24.8 Å². The normalized spacial score (nSPS) is 18.5. The first-order valence-electron chi connectivity index (χ1n) is 11.6. The third-order valence-corrected chi connectivity index (χ3v) is 6.99. The van der Waals surface area contributed by atoms with Gasteiger partial charge in [0.05, 0.1) is 32.0 Å². The molecule has 0 radical (unpaired) electrons. The Hall–Kier alpha value is -2.21. The smallest absolute Gasteiger partial charge is 0.137 e. The number of nitrogens with zero attached hydrogens (tertiary/aromatic N) is 2. The molecule has 2 aromatic rings. The van der Waals surface area contributed by atoms with Crippen LogP contribution in [0.25, 0.3) is 11.3 Å². The fourth-order valence-corrected chi connectivity index (χ4v) is 5.26. The number of methoxy groups -OCH3 is 1. The summed E-state index contributed by atoms with van der Waals surface area (Å²) in [5.74, 6) is 1.67. The van der Waals surface area contributed by atoms with Gasteiger partial charge in [-0.3, -0.25) is 4.90 Å². The molecule has 0 aromatic heterocycles. The van der Waals surface area contributed by atoms with Crippen LogP contribution in [-0.2, 0) is 4.74 Å². The van der Waals surface area contributed by atoms with Gasteiger partial charge in [0.15, 0.2) is 0 Å². The predicted molar refractivity (Wildman–Crippen MR) is 128 cm³/mol. The zero-order valence-corrected chi connectivity index (χ0v) is 19.5. The van der Waals surface area contributed by atoms with Crippen molar-refractivity contribution in [3.63, 3.8) is 0 Å². The van der Waals surface area contributed by atoms with Gasteiger partial charge in [0.1, 0.15) is 11.5 Å². The Morgan fingerprint density at radius 2 is 1.91 bits per heavy atom. The molecular formula is C26H31ClN2O3. The first-order chi connectivity index (χ1) is 15.7. The lowest BCUT2D eigenvalue weighted by Crippen LogP contribution is -2.41. The van der Waals surface area contributed by atoms with Gasteiger partial charge in [-0.25, -0.2) is 0 Å². The maximum absolute atomic E-state index is 6.45. The fraction of sp³-hybridized carbons (Fsp3) is 0.462. The Bertz CT molecular complexity index is 1090. The molecule has 2 fully saturated rings. The molecular weight excluding hydrogens is 424 g/mol. The topological polar surface area (TPSA) is 34.2 Å². The van der Waals surface area contributed by atoms with Crippen LogP contribution in [0, 0.1) is 0 Å². The largest absolute Gasteiger partial charge is 0.495 e. The van der Waals surface area contributed by atoms with E-state index in [4.69, 9.17) is 25.8 Å². The van der Waals surface area contributed by atoms with E-state index < -0.39 is 0 Å². The fourth-order valence-electron chi connectivity index (χ4n) is 5.00. The molecule has 0 atom stereocenters. The number of benzene rings is 2. The number of hydrogen-bond acceptors (Lipinski definition) is 5. The van der Waals surface area contributed by atoms with E-state index >= 15 is 0 Å². The number of ether oxygens (including phenoxy) is 3. The summed E-state index contributed by atoms with van der Waals surface area (Å²) >= 11 is 6.45. The second kappa shape index (κ2) is 9.74. The molecule has 3 aliphatic heterocycles. The van der Waals surface area contributed by atoms with Crippen molar-refractivity contribution in [2.45, 2.75) is 19.3 Å². The maximum atomic E-state index is 6.45. The molecule has 3 aliphatic rings. The monoisotopic (exact) mass is 454 g/mol. The summed E-state index contributed by atoms with van der Waals surface area (Å²) in [4.78, 5) is 4.96. The Morgan fingerprint density at radius 3 is 2.72 bits per heavy atom. The van der Waals surface area contributed by atoms with Gasteiger partial charge in [-0.05, 0) is 59.9 Å². The Labute approximate surface area is 194 Å². The summed E-state index contributed by atoms with van der Waals surface area (Å²) in [7, 11) is 1.65. The van der Waals surface area contributed by atoms with E-state index in [9.17, 15) is 0 Å². The van der Waals surface area contributed by atoms with Gasteiger partial charge >= 0.3 is 0 Å². The SMILES string of the molecule is COc1ccc(C2=c3ccc(OCCCN4CCOCC4)cc3=C3CCCN3C2)cc1Cl. The van der Waals surface area contributed by atoms with E-state index in [1.54, 1.807) is 7.11 Å². The van der Waals surface area contributed by atoms with Gasteiger partial charge in [0.25, 0.3) is 0 Å². The first kappa shape index (κ1) is 21.6. The van der Waals surface area contributed by atoms with Gasteiger partial charge < -0.3 is 19.1 Å². The average Bonchev–Trinajstić information content (AvgIpc) is 3.31. The number of hydrogen-bond donors (Lipinski definition) is 0. The molecule has 0 spiro atoms. The second-order valence-electron chi connectivity index (χ2n) is 8.66. The van der Waals surface area contributed by atoms with Crippen LogP contribution in [0.15, 0.2) is 36.4 Å². The highest BCUT2D eigenvalue weighted by atomic mass is 35.5. The summed E-state index contributed by atoms with van der Waals surface area (Å²) in [5, 5.41) is 3.25. The van der Waals surface area contributed by atoms with Crippen molar-refractivity contribution in [3.8, 4) is 11.5 Å². The molecule has 0 amide bonds. The van der Waals surface area contributed by atoms with E-state index in [0.29, 0.717) is 10.8 Å². The minimum atomic E-state index is 0.649. The highest BCUT2D eigenvalue weighted by Gasteiger charge is 2.24. The average molecular weight is 455 g/mol. The van der Waals surface area contributed by atoms with Crippen LogP contribution in [0.2, 0.25) is 5.02 Å². The van der Waals surface area contributed by atoms with Crippen LogP contribution < -0.4 is 19.9 Å². The zero-order valence-electron chi connectivity index (χ0n) is 18.7. The molecule has 5 nitrogen and oxygen atoms in total. The molecule has 0 bridgehead atoms. The Balaban J connectivity index is 1.40. The van der Waals surface area contributed by atoms with Crippen molar-refractivity contribution in [1.29, 1.82) is 0 Å². The third kappa shape index (κ3) is 4.47. The minimum Gasteiger partial charge on any atom is -0.495 e. The molecule has 0 N–H and O–H groups in total. The summed E-state index contributed by atoms with van der Waals surface area (Å²) < 4.78 is 16.9. The molecule has 0 unspecified atom stereocenters. The minimum absolute atomic E-state index is 0.649. The summed E-state index contributed by atoms with van der Waals surface area (Å²) in [5.41, 5.74) is 3.92. The molecule has 2 aromatic carbocycles. The van der Waals surface area contributed by atoms with Gasteiger partial charge in [-0.15, -0.1) is 0 Å². The van der Waals surface area contributed by atoms with Crippen molar-refractivity contribution in [2.24, 2.45) is 0 Å². The first-order valence-corrected chi connectivity index (χ1v) is 12.0. The molecule has 6 heteroatoms. The van der Waals surface area contributed by atoms with Crippen molar-refractivity contribution in [2.75, 3.05) is 59.7 Å². The maximum Gasteiger partial charge on any atom is 0.137 e. The van der Waals surface area contributed by atoms with Crippen LogP contribution in [0.3, 0.4) is 0 Å². The highest BCUT2D eigenvalue weighted by molar-refractivity contribution is 6.32. The highest BCUT2D eigenvalue weighted by Crippen LogP contribution is 2.31. The lowest BCUT2D eigenvalue weighted by atomic mass is 9.97. The van der Waals surface area contributed by atoms with E-state index in [0.717, 1.165) is 76.7 Å². The Morgan fingerprint density at radius 1 is 1.03 bits per heavy atom. The quantitative estimate of drug-likeness (QED) is 0.601. The predicted octanol–water partition coefficient (Wildman–Crippen LogP) is 2.87. The van der Waals surface area contributed by atoms with Gasteiger partial charge in [-0.1, -0.05) is 23.7 Å². The zero-order chi connectivity index (χ0) is 21.9. The Kier molecular flexibility index (Phi) is 6.58. The van der Waals surface area contributed by atoms with Gasteiger partial charge in [0.2, 0.25) is 0 Å². The molecule has 170 valence electrons. The van der Waals surface area contributed by atoms with Crippen molar-refractivity contribution in [1.82, 2.24) is 9.80 Å². The van der Waals surface area contributed by atoms with Gasteiger partial charge in [-0.2, -0.15) is 0 Å². The van der Waals surface area contributed by atoms with Crippen LogP contribution in [0.4, 0.5) is 0 Å². The lowest BCUT2D eigenvalue weighted by molar-refractivity contribution is 0.0358. The summed E-state index contributed by atoms with van der Waals surface area (Å²) in [6.07, 6.45) is 3.36. The van der Waals surface area contributed by atoms with Crippen molar-refractivity contribution in [3.05, 3.63) is 57.4 Å². The molecule has 0 aliphatic carbocycles. The third-order valence-electron chi connectivity index (χ3n) is 6.69. The number of fused-ring (bicyclic) bond motifs is 2. The molecule has 0 saturated carbocycles. The van der Waals surface area contributed by atoms with Crippen LogP contribution in [-0.4, -0.2) is 69.5 Å². The molecule has 2 saturated heterocycles. The van der Waals surface area contributed by atoms with E-state index in [-0.39, 0.29) is 0 Å².